The fourth-order valence-electron chi connectivity index (χ4n) is 6.90. The Hall–Kier alpha value is -1.33. The van der Waals surface area contributed by atoms with E-state index in [0.717, 1.165) is 50.5 Å². The molecule has 2 heteroatoms. The molecule has 0 unspecified atom stereocenters. The third kappa shape index (κ3) is 1.85. The van der Waals surface area contributed by atoms with E-state index < -0.39 is 5.60 Å². The van der Waals surface area contributed by atoms with Crippen molar-refractivity contribution in [1.82, 2.24) is 0 Å². The number of ketones is 1. The maximum atomic E-state index is 11.8. The average molecular weight is 324 g/mol. The number of hydrogen-bond acceptors (Lipinski definition) is 2. The fraction of sp³-hybridized carbons (Fsp3) is 0.682. The summed E-state index contributed by atoms with van der Waals surface area (Å²) in [6.45, 7) is 6.36. The summed E-state index contributed by atoms with van der Waals surface area (Å²) < 4.78 is 0. The van der Waals surface area contributed by atoms with E-state index >= 15 is 0 Å². The molecule has 24 heavy (non-hydrogen) atoms. The van der Waals surface area contributed by atoms with E-state index in [9.17, 15) is 9.90 Å². The molecule has 3 fully saturated rings. The average Bonchev–Trinajstić information content (AvgIpc) is 2.83. The van der Waals surface area contributed by atoms with Crippen LogP contribution in [0.3, 0.4) is 0 Å². The highest BCUT2D eigenvalue weighted by Crippen LogP contribution is 2.67. The summed E-state index contributed by atoms with van der Waals surface area (Å²) in [6.07, 6.45) is 15.6. The Labute approximate surface area is 145 Å². The van der Waals surface area contributed by atoms with Crippen molar-refractivity contribution in [2.75, 3.05) is 0 Å². The topological polar surface area (TPSA) is 37.3 Å². The maximum absolute atomic E-state index is 11.8. The molecular weight excluding hydrogens is 296 g/mol. The van der Waals surface area contributed by atoms with Gasteiger partial charge in [0.25, 0.3) is 0 Å². The zero-order chi connectivity index (χ0) is 17.1. The largest absolute Gasteiger partial charge is 0.373 e. The SMILES string of the molecule is C#C[C@]1(O)C(=C)C[C@H]2[C@@H]3CCC4=CC(=O)CC[C@@H]4[C@H]3CC[C@@]21CC. The van der Waals surface area contributed by atoms with Crippen molar-refractivity contribution in [3.05, 3.63) is 23.8 Å². The first kappa shape index (κ1) is 16.2. The van der Waals surface area contributed by atoms with Crippen LogP contribution in [-0.2, 0) is 4.79 Å². The van der Waals surface area contributed by atoms with Gasteiger partial charge in [-0.15, -0.1) is 6.42 Å². The molecule has 4 aliphatic carbocycles. The van der Waals surface area contributed by atoms with Crippen molar-refractivity contribution in [3.8, 4) is 12.3 Å². The zero-order valence-electron chi connectivity index (χ0n) is 14.7. The van der Waals surface area contributed by atoms with Crippen LogP contribution >= 0.6 is 0 Å². The van der Waals surface area contributed by atoms with Gasteiger partial charge in [0, 0.05) is 11.8 Å². The lowest BCUT2D eigenvalue weighted by Gasteiger charge is -2.55. The lowest BCUT2D eigenvalue weighted by Crippen LogP contribution is -2.53. The summed E-state index contributed by atoms with van der Waals surface area (Å²) in [7, 11) is 0. The second-order valence-corrected chi connectivity index (χ2v) is 8.51. The van der Waals surface area contributed by atoms with Gasteiger partial charge in [0.05, 0.1) is 0 Å². The normalized spacial score (nSPS) is 47.3. The third-order valence-electron chi connectivity index (χ3n) is 8.05. The molecule has 3 saturated carbocycles. The molecule has 1 N–H and O–H groups in total. The van der Waals surface area contributed by atoms with Crippen molar-refractivity contribution >= 4 is 5.78 Å². The number of fused-ring (bicyclic) bond motifs is 5. The Bertz CT molecular complexity index is 666. The minimum absolute atomic E-state index is 0.189. The quantitative estimate of drug-likeness (QED) is 0.583. The molecule has 0 aromatic heterocycles. The van der Waals surface area contributed by atoms with Gasteiger partial charge in [0.2, 0.25) is 0 Å². The van der Waals surface area contributed by atoms with E-state index in [2.05, 4.69) is 19.4 Å². The summed E-state index contributed by atoms with van der Waals surface area (Å²) in [4.78, 5) is 11.8. The van der Waals surface area contributed by atoms with E-state index in [-0.39, 0.29) is 5.41 Å². The number of hydrogen-bond donors (Lipinski definition) is 1. The fourth-order valence-corrected chi connectivity index (χ4v) is 6.90. The maximum Gasteiger partial charge on any atom is 0.155 e. The van der Waals surface area contributed by atoms with Crippen LogP contribution in [0.5, 0.6) is 0 Å². The van der Waals surface area contributed by atoms with Gasteiger partial charge >= 0.3 is 0 Å². The van der Waals surface area contributed by atoms with Crippen LogP contribution in [0.1, 0.15) is 58.3 Å². The number of rotatable bonds is 1. The predicted octanol–water partition coefficient (Wildman–Crippen LogP) is 4.05. The first-order valence-corrected chi connectivity index (χ1v) is 9.58. The van der Waals surface area contributed by atoms with Gasteiger partial charge in [0.1, 0.15) is 0 Å². The highest BCUT2D eigenvalue weighted by atomic mass is 16.3. The van der Waals surface area contributed by atoms with Crippen molar-refractivity contribution in [2.24, 2.45) is 29.1 Å². The molecule has 0 bridgehead atoms. The van der Waals surface area contributed by atoms with Crippen LogP contribution in [0.4, 0.5) is 0 Å². The molecule has 0 radical (unpaired) electrons. The molecule has 4 rings (SSSR count). The molecule has 0 amide bonds. The van der Waals surface area contributed by atoms with Crippen LogP contribution in [0.2, 0.25) is 0 Å². The van der Waals surface area contributed by atoms with E-state index in [1.165, 1.54) is 5.57 Å². The van der Waals surface area contributed by atoms with Crippen molar-refractivity contribution in [2.45, 2.75) is 63.9 Å². The molecule has 128 valence electrons. The summed E-state index contributed by atoms with van der Waals surface area (Å²) in [5, 5.41) is 11.3. The van der Waals surface area contributed by atoms with Crippen LogP contribution in [0.15, 0.2) is 23.8 Å². The molecule has 0 aromatic rings. The molecule has 4 aliphatic rings. The Morgan fingerprint density at radius 1 is 1.33 bits per heavy atom. The van der Waals surface area contributed by atoms with E-state index in [0.29, 0.717) is 35.9 Å². The van der Waals surface area contributed by atoms with Crippen molar-refractivity contribution in [1.29, 1.82) is 0 Å². The molecule has 6 atom stereocenters. The van der Waals surface area contributed by atoms with Gasteiger partial charge in [0.15, 0.2) is 11.4 Å². The van der Waals surface area contributed by atoms with Crippen LogP contribution in [0.25, 0.3) is 0 Å². The summed E-state index contributed by atoms with van der Waals surface area (Å²) in [5.74, 6) is 5.37. The monoisotopic (exact) mass is 324 g/mol. The van der Waals surface area contributed by atoms with E-state index in [1.54, 1.807) is 0 Å². The standard InChI is InChI=1S/C22H28O2/c1-4-21-11-10-18-17-9-7-16(23)13-15(17)6-8-19(18)20(21)12-14(3)22(21,24)5-2/h2,13,17-20,24H,3-4,6-12H2,1H3/t17-,18+,19+,20-,21-,22-/m0/s1. The van der Waals surface area contributed by atoms with Gasteiger partial charge in [-0.1, -0.05) is 25.0 Å². The third-order valence-corrected chi connectivity index (χ3v) is 8.05. The first-order chi connectivity index (χ1) is 11.5. The molecule has 0 spiro atoms. The van der Waals surface area contributed by atoms with Gasteiger partial charge in [-0.3, -0.25) is 4.79 Å². The number of aliphatic hydroxyl groups is 1. The number of terminal acetylenes is 1. The lowest BCUT2D eigenvalue weighted by molar-refractivity contribution is -0.116. The zero-order valence-corrected chi connectivity index (χ0v) is 14.7. The second-order valence-electron chi connectivity index (χ2n) is 8.51. The number of allylic oxidation sites excluding steroid dienone is 1. The highest BCUT2D eigenvalue weighted by molar-refractivity contribution is 5.91. The summed E-state index contributed by atoms with van der Waals surface area (Å²) in [6, 6.07) is 0. The molecule has 2 nitrogen and oxygen atoms in total. The molecule has 0 saturated heterocycles. The Morgan fingerprint density at radius 2 is 2.12 bits per heavy atom. The lowest BCUT2D eigenvalue weighted by atomic mass is 9.49. The molecule has 0 aromatic carbocycles. The van der Waals surface area contributed by atoms with Gasteiger partial charge < -0.3 is 5.11 Å². The minimum Gasteiger partial charge on any atom is -0.373 e. The first-order valence-electron chi connectivity index (χ1n) is 9.58. The number of carbonyl (C=O) groups is 1. The Kier molecular flexibility index (Phi) is 3.59. The predicted molar refractivity (Wildman–Crippen MR) is 95.0 cm³/mol. The van der Waals surface area contributed by atoms with Crippen molar-refractivity contribution in [3.63, 3.8) is 0 Å². The second kappa shape index (κ2) is 5.33. The van der Waals surface area contributed by atoms with E-state index in [1.807, 2.05) is 6.08 Å². The van der Waals surface area contributed by atoms with Crippen molar-refractivity contribution < 1.29 is 9.90 Å². The van der Waals surface area contributed by atoms with Crippen LogP contribution < -0.4 is 0 Å². The minimum atomic E-state index is -1.13. The Morgan fingerprint density at radius 3 is 2.83 bits per heavy atom. The molecular formula is C22H28O2. The van der Waals surface area contributed by atoms with Gasteiger partial charge in [-0.25, -0.2) is 0 Å². The summed E-state index contributed by atoms with van der Waals surface area (Å²) in [5.41, 5.74) is 0.944. The summed E-state index contributed by atoms with van der Waals surface area (Å²) >= 11 is 0. The molecule has 0 heterocycles. The Balaban J connectivity index is 1.71. The van der Waals surface area contributed by atoms with Gasteiger partial charge in [-0.2, -0.15) is 0 Å². The number of carbonyl (C=O) groups excluding carboxylic acids is 1. The van der Waals surface area contributed by atoms with Gasteiger partial charge in [-0.05, 0) is 80.3 Å². The van der Waals surface area contributed by atoms with Crippen LogP contribution in [0, 0.1) is 41.4 Å². The van der Waals surface area contributed by atoms with E-state index in [4.69, 9.17) is 6.42 Å². The smallest absolute Gasteiger partial charge is 0.155 e. The van der Waals surface area contributed by atoms with Crippen LogP contribution in [-0.4, -0.2) is 16.5 Å². The highest BCUT2D eigenvalue weighted by Gasteiger charge is 2.64. The molecule has 0 aliphatic heterocycles.